The minimum atomic E-state index is 0.798. The van der Waals surface area contributed by atoms with Crippen LogP contribution in [0.4, 0.5) is 0 Å². The summed E-state index contributed by atoms with van der Waals surface area (Å²) >= 11 is 3.63. The average Bonchev–Trinajstić information content (AvgIpc) is 2.46. The quantitative estimate of drug-likeness (QED) is 0.666. The molecule has 2 rings (SSSR count). The third kappa shape index (κ3) is 5.21. The highest BCUT2D eigenvalue weighted by Crippen LogP contribution is 2.28. The molecule has 0 saturated heterocycles. The van der Waals surface area contributed by atoms with Crippen molar-refractivity contribution in [3.8, 4) is 5.75 Å². The van der Waals surface area contributed by atoms with Crippen LogP contribution in [-0.2, 0) is 0 Å². The fourth-order valence-corrected chi connectivity index (χ4v) is 2.87. The molecule has 0 aromatic heterocycles. The van der Waals surface area contributed by atoms with Gasteiger partial charge in [0.05, 0.1) is 6.61 Å². The van der Waals surface area contributed by atoms with E-state index in [0.29, 0.717) is 0 Å². The lowest BCUT2D eigenvalue weighted by Crippen LogP contribution is -1.98. The van der Waals surface area contributed by atoms with E-state index in [2.05, 4.69) is 42.7 Å². The average molecular weight is 290 g/mol. The maximum absolute atomic E-state index is 5.69. The Kier molecular flexibility index (Phi) is 6.18. The summed E-state index contributed by atoms with van der Waals surface area (Å²) in [5.74, 6) is 2.11. The Bertz CT molecular complexity index is 468. The highest BCUT2D eigenvalue weighted by atomic mass is 32.2. The van der Waals surface area contributed by atoms with Gasteiger partial charge in [0.2, 0.25) is 0 Å². The molecule has 100 valence electrons. The number of ether oxygens (including phenoxy) is 1. The first kappa shape index (κ1) is 14.4. The van der Waals surface area contributed by atoms with Gasteiger partial charge in [-0.2, -0.15) is 11.8 Å². The Balaban J connectivity index is 1.84. The van der Waals surface area contributed by atoms with Crippen molar-refractivity contribution in [1.82, 2.24) is 0 Å². The zero-order valence-corrected chi connectivity index (χ0v) is 12.7. The van der Waals surface area contributed by atoms with Crippen LogP contribution in [-0.4, -0.2) is 18.6 Å². The van der Waals surface area contributed by atoms with Crippen LogP contribution >= 0.6 is 23.5 Å². The van der Waals surface area contributed by atoms with E-state index in [1.54, 1.807) is 11.8 Å². The van der Waals surface area contributed by atoms with Crippen LogP contribution in [0.3, 0.4) is 0 Å². The van der Waals surface area contributed by atoms with Gasteiger partial charge in [0.15, 0.2) is 0 Å². The van der Waals surface area contributed by atoms with Gasteiger partial charge in [0.25, 0.3) is 0 Å². The predicted octanol–water partition coefficient (Wildman–Crippen LogP) is 4.97. The second kappa shape index (κ2) is 8.18. The molecule has 0 fully saturated rings. The van der Waals surface area contributed by atoms with Crippen LogP contribution in [0, 0.1) is 0 Å². The van der Waals surface area contributed by atoms with Gasteiger partial charge in [-0.1, -0.05) is 30.0 Å². The maximum Gasteiger partial charge on any atom is 0.119 e. The second-order valence-electron chi connectivity index (χ2n) is 4.08. The van der Waals surface area contributed by atoms with Gasteiger partial charge in [0.1, 0.15) is 5.75 Å². The second-order valence-corrected chi connectivity index (χ2v) is 6.21. The Morgan fingerprint density at radius 1 is 0.895 bits per heavy atom. The van der Waals surface area contributed by atoms with E-state index in [0.717, 1.165) is 24.5 Å². The van der Waals surface area contributed by atoms with E-state index in [1.165, 1.54) is 9.79 Å². The van der Waals surface area contributed by atoms with E-state index in [9.17, 15) is 0 Å². The Morgan fingerprint density at radius 3 is 2.26 bits per heavy atom. The summed E-state index contributed by atoms with van der Waals surface area (Å²) in [6, 6.07) is 18.7. The fraction of sp³-hybridized carbons (Fsp3) is 0.250. The first-order chi connectivity index (χ1) is 9.38. The largest absolute Gasteiger partial charge is 0.494 e. The zero-order chi connectivity index (χ0) is 13.3. The van der Waals surface area contributed by atoms with Gasteiger partial charge in [-0.3, -0.25) is 0 Å². The van der Waals surface area contributed by atoms with E-state index in [-0.39, 0.29) is 0 Å². The van der Waals surface area contributed by atoms with E-state index in [1.807, 2.05) is 30.0 Å². The molecule has 0 amide bonds. The zero-order valence-electron chi connectivity index (χ0n) is 11.0. The van der Waals surface area contributed by atoms with Gasteiger partial charge in [-0.15, -0.1) is 0 Å². The summed E-state index contributed by atoms with van der Waals surface area (Å²) < 4.78 is 5.69. The van der Waals surface area contributed by atoms with E-state index < -0.39 is 0 Å². The van der Waals surface area contributed by atoms with Crippen molar-refractivity contribution in [2.45, 2.75) is 16.2 Å². The van der Waals surface area contributed by atoms with Crippen LogP contribution in [0.1, 0.15) is 6.42 Å². The molecule has 0 aliphatic heterocycles. The Hall–Kier alpha value is -1.06. The van der Waals surface area contributed by atoms with Crippen molar-refractivity contribution in [3.05, 3.63) is 54.6 Å². The molecule has 0 bridgehead atoms. The minimum Gasteiger partial charge on any atom is -0.494 e. The van der Waals surface area contributed by atoms with Crippen molar-refractivity contribution in [3.63, 3.8) is 0 Å². The van der Waals surface area contributed by atoms with Crippen LogP contribution in [0.2, 0.25) is 0 Å². The highest BCUT2D eigenvalue weighted by molar-refractivity contribution is 7.99. The van der Waals surface area contributed by atoms with Gasteiger partial charge < -0.3 is 4.74 Å². The number of hydrogen-bond donors (Lipinski definition) is 0. The van der Waals surface area contributed by atoms with Crippen molar-refractivity contribution >= 4 is 23.5 Å². The molecule has 3 heteroatoms. The molecule has 0 aliphatic carbocycles. The maximum atomic E-state index is 5.69. The first-order valence-corrected chi connectivity index (χ1v) is 8.54. The molecular formula is C16H18OS2. The van der Waals surface area contributed by atoms with Crippen LogP contribution in [0.5, 0.6) is 5.75 Å². The van der Waals surface area contributed by atoms with Gasteiger partial charge in [-0.25, -0.2) is 0 Å². The van der Waals surface area contributed by atoms with Crippen molar-refractivity contribution < 1.29 is 4.74 Å². The molecule has 1 nitrogen and oxygen atoms in total. The summed E-state index contributed by atoms with van der Waals surface area (Å²) in [6.07, 6.45) is 3.22. The Labute approximate surface area is 123 Å². The molecule has 2 aromatic rings. The number of thioether (sulfide) groups is 1. The third-order valence-corrected chi connectivity index (χ3v) is 4.28. The third-order valence-electron chi connectivity index (χ3n) is 2.56. The first-order valence-electron chi connectivity index (χ1n) is 6.33. The molecule has 0 unspecified atom stereocenters. The molecular weight excluding hydrogens is 272 g/mol. The summed E-state index contributed by atoms with van der Waals surface area (Å²) in [5.41, 5.74) is 0. The lowest BCUT2D eigenvalue weighted by atomic mass is 10.3. The van der Waals surface area contributed by atoms with Crippen molar-refractivity contribution in [1.29, 1.82) is 0 Å². The molecule has 0 heterocycles. The lowest BCUT2D eigenvalue weighted by molar-refractivity contribution is 0.318. The van der Waals surface area contributed by atoms with Gasteiger partial charge in [-0.05, 0) is 54.8 Å². The summed E-state index contributed by atoms with van der Waals surface area (Å²) in [5, 5.41) is 0. The number of rotatable bonds is 7. The normalized spacial score (nSPS) is 10.4. The van der Waals surface area contributed by atoms with Crippen LogP contribution in [0.25, 0.3) is 0 Å². The monoisotopic (exact) mass is 290 g/mol. The minimum absolute atomic E-state index is 0.798. The fourth-order valence-electron chi connectivity index (χ4n) is 1.62. The molecule has 0 saturated carbocycles. The van der Waals surface area contributed by atoms with E-state index in [4.69, 9.17) is 4.74 Å². The number of benzene rings is 2. The lowest BCUT2D eigenvalue weighted by Gasteiger charge is -2.06. The molecule has 0 atom stereocenters. The molecule has 19 heavy (non-hydrogen) atoms. The number of hydrogen-bond acceptors (Lipinski definition) is 3. The van der Waals surface area contributed by atoms with Crippen molar-refractivity contribution in [2.24, 2.45) is 0 Å². The topological polar surface area (TPSA) is 9.23 Å². The summed E-state index contributed by atoms with van der Waals surface area (Å²) in [4.78, 5) is 2.50. The molecule has 0 spiro atoms. The van der Waals surface area contributed by atoms with Crippen LogP contribution in [0.15, 0.2) is 64.4 Å². The van der Waals surface area contributed by atoms with E-state index >= 15 is 0 Å². The van der Waals surface area contributed by atoms with Crippen molar-refractivity contribution in [2.75, 3.05) is 18.6 Å². The standard InChI is InChI=1S/C16H18OS2/c1-18-13-5-12-17-14-8-10-16(11-9-14)19-15-6-3-2-4-7-15/h2-4,6-11H,5,12-13H2,1H3. The van der Waals surface area contributed by atoms with Gasteiger partial charge in [0, 0.05) is 9.79 Å². The molecule has 2 aromatic carbocycles. The predicted molar refractivity (Wildman–Crippen MR) is 85.5 cm³/mol. The molecule has 0 radical (unpaired) electrons. The SMILES string of the molecule is CSCCCOc1ccc(Sc2ccccc2)cc1. The highest BCUT2D eigenvalue weighted by Gasteiger charge is 1.98. The van der Waals surface area contributed by atoms with Gasteiger partial charge >= 0.3 is 0 Å². The Morgan fingerprint density at radius 2 is 1.58 bits per heavy atom. The van der Waals surface area contributed by atoms with Crippen LogP contribution < -0.4 is 4.74 Å². The summed E-state index contributed by atoms with van der Waals surface area (Å²) in [7, 11) is 0. The smallest absolute Gasteiger partial charge is 0.119 e. The molecule has 0 aliphatic rings. The molecule has 0 N–H and O–H groups in total. The summed E-state index contributed by atoms with van der Waals surface area (Å²) in [6.45, 7) is 0.798.